The van der Waals surface area contributed by atoms with Crippen LogP contribution in [0.3, 0.4) is 0 Å². The van der Waals surface area contributed by atoms with E-state index in [1.165, 1.54) is 5.56 Å². The molecule has 5 heteroatoms. The van der Waals surface area contributed by atoms with Gasteiger partial charge in [0.25, 0.3) is 0 Å². The molecule has 1 heterocycles. The van der Waals surface area contributed by atoms with E-state index in [2.05, 4.69) is 10.6 Å². The molecule has 1 amide bonds. The molecule has 0 atom stereocenters. The molecule has 0 aliphatic rings. The maximum atomic E-state index is 11.6. The summed E-state index contributed by atoms with van der Waals surface area (Å²) in [6.07, 6.45) is 4.74. The second-order valence-corrected chi connectivity index (χ2v) is 3.92. The van der Waals surface area contributed by atoms with Crippen LogP contribution in [0.25, 0.3) is 0 Å². The molecular weight excluding hydrogens is 218 g/mol. The average molecular weight is 239 g/mol. The summed E-state index contributed by atoms with van der Waals surface area (Å²) in [4.78, 5) is 11.6. The standard InChI is InChI=1S/C12H21N3O2/c1-13-8-11-4-6-15(9-11)10-12(16)14-5-3-7-17-2/h4,6,9,13H,3,5,7-8,10H2,1-2H3,(H,14,16). The summed E-state index contributed by atoms with van der Waals surface area (Å²) in [7, 11) is 3.56. The number of carbonyl (C=O) groups excluding carboxylic acids is 1. The molecule has 0 fully saturated rings. The zero-order chi connectivity index (χ0) is 12.5. The van der Waals surface area contributed by atoms with Crippen molar-refractivity contribution < 1.29 is 9.53 Å². The zero-order valence-electron chi connectivity index (χ0n) is 10.5. The topological polar surface area (TPSA) is 55.3 Å². The molecule has 0 aliphatic carbocycles. The third-order valence-corrected chi connectivity index (χ3v) is 2.37. The highest BCUT2D eigenvalue weighted by Crippen LogP contribution is 2.00. The maximum absolute atomic E-state index is 11.6. The van der Waals surface area contributed by atoms with Crippen LogP contribution in [0, 0.1) is 0 Å². The number of nitrogens with zero attached hydrogens (tertiary/aromatic N) is 1. The molecule has 0 spiro atoms. The van der Waals surface area contributed by atoms with E-state index < -0.39 is 0 Å². The van der Waals surface area contributed by atoms with Crippen LogP contribution in [0.15, 0.2) is 18.5 Å². The number of aromatic nitrogens is 1. The van der Waals surface area contributed by atoms with Gasteiger partial charge in [0.15, 0.2) is 0 Å². The number of nitrogens with one attached hydrogen (secondary N) is 2. The van der Waals surface area contributed by atoms with Gasteiger partial charge in [0.05, 0.1) is 0 Å². The SMILES string of the molecule is CNCc1ccn(CC(=O)NCCCOC)c1. The van der Waals surface area contributed by atoms with Crippen molar-refractivity contribution in [2.24, 2.45) is 0 Å². The molecule has 0 bridgehead atoms. The number of hydrogen-bond acceptors (Lipinski definition) is 3. The van der Waals surface area contributed by atoms with Crippen LogP contribution in [0.2, 0.25) is 0 Å². The Morgan fingerprint density at radius 3 is 3.06 bits per heavy atom. The van der Waals surface area contributed by atoms with Crippen LogP contribution in [0.4, 0.5) is 0 Å². The molecule has 0 saturated carbocycles. The first-order valence-corrected chi connectivity index (χ1v) is 5.81. The van der Waals surface area contributed by atoms with Crippen LogP contribution < -0.4 is 10.6 Å². The molecule has 17 heavy (non-hydrogen) atoms. The highest BCUT2D eigenvalue weighted by molar-refractivity contribution is 5.75. The molecule has 1 aromatic rings. The van der Waals surface area contributed by atoms with Crippen LogP contribution >= 0.6 is 0 Å². The van der Waals surface area contributed by atoms with E-state index in [4.69, 9.17) is 4.74 Å². The van der Waals surface area contributed by atoms with Gasteiger partial charge in [-0.15, -0.1) is 0 Å². The van der Waals surface area contributed by atoms with Gasteiger partial charge >= 0.3 is 0 Å². The lowest BCUT2D eigenvalue weighted by atomic mass is 10.3. The second-order valence-electron chi connectivity index (χ2n) is 3.92. The Bertz CT molecular complexity index is 336. The van der Waals surface area contributed by atoms with Crippen molar-refractivity contribution in [1.82, 2.24) is 15.2 Å². The van der Waals surface area contributed by atoms with Crippen molar-refractivity contribution >= 4 is 5.91 Å². The number of methoxy groups -OCH3 is 1. The van der Waals surface area contributed by atoms with Gasteiger partial charge in [0, 0.05) is 39.2 Å². The lowest BCUT2D eigenvalue weighted by Crippen LogP contribution is -2.28. The lowest BCUT2D eigenvalue weighted by molar-refractivity contribution is -0.121. The normalized spacial score (nSPS) is 10.5. The summed E-state index contributed by atoms with van der Waals surface area (Å²) in [6, 6.07) is 2.01. The molecule has 1 rings (SSSR count). The van der Waals surface area contributed by atoms with E-state index in [1.54, 1.807) is 7.11 Å². The summed E-state index contributed by atoms with van der Waals surface area (Å²) >= 11 is 0. The monoisotopic (exact) mass is 239 g/mol. The minimum absolute atomic E-state index is 0.0349. The van der Waals surface area contributed by atoms with E-state index in [9.17, 15) is 4.79 Å². The molecule has 0 unspecified atom stereocenters. The van der Waals surface area contributed by atoms with Crippen molar-refractivity contribution in [3.8, 4) is 0 Å². The van der Waals surface area contributed by atoms with Gasteiger partial charge in [0.2, 0.25) is 5.91 Å². The Hall–Kier alpha value is -1.33. The molecule has 0 aromatic carbocycles. The summed E-state index contributed by atoms with van der Waals surface area (Å²) in [5, 5.41) is 5.92. The van der Waals surface area contributed by atoms with Crippen LogP contribution in [-0.4, -0.2) is 37.8 Å². The Morgan fingerprint density at radius 2 is 2.35 bits per heavy atom. The molecule has 96 valence electrons. The number of hydrogen-bond donors (Lipinski definition) is 2. The number of rotatable bonds is 8. The molecule has 1 aromatic heterocycles. The fourth-order valence-corrected chi connectivity index (χ4v) is 1.56. The third kappa shape index (κ3) is 5.51. The molecule has 5 nitrogen and oxygen atoms in total. The van der Waals surface area contributed by atoms with E-state index >= 15 is 0 Å². The fourth-order valence-electron chi connectivity index (χ4n) is 1.56. The first-order valence-electron chi connectivity index (χ1n) is 5.81. The Balaban J connectivity index is 2.24. The highest BCUT2D eigenvalue weighted by atomic mass is 16.5. The van der Waals surface area contributed by atoms with Gasteiger partial charge in [-0.25, -0.2) is 0 Å². The fraction of sp³-hybridized carbons (Fsp3) is 0.583. The van der Waals surface area contributed by atoms with Gasteiger partial charge in [-0.2, -0.15) is 0 Å². The maximum Gasteiger partial charge on any atom is 0.239 e. The highest BCUT2D eigenvalue weighted by Gasteiger charge is 2.02. The Morgan fingerprint density at radius 1 is 1.53 bits per heavy atom. The molecule has 2 N–H and O–H groups in total. The summed E-state index contributed by atoms with van der Waals surface area (Å²) < 4.78 is 6.80. The number of carbonyl (C=O) groups is 1. The van der Waals surface area contributed by atoms with Gasteiger partial charge in [-0.1, -0.05) is 0 Å². The first kappa shape index (κ1) is 13.7. The zero-order valence-corrected chi connectivity index (χ0v) is 10.5. The lowest BCUT2D eigenvalue weighted by Gasteiger charge is -2.05. The third-order valence-electron chi connectivity index (χ3n) is 2.37. The minimum atomic E-state index is 0.0349. The first-order chi connectivity index (χ1) is 8.26. The summed E-state index contributed by atoms with van der Waals surface area (Å²) in [5.74, 6) is 0.0349. The molecule has 0 saturated heterocycles. The van der Waals surface area contributed by atoms with Crippen molar-refractivity contribution in [1.29, 1.82) is 0 Å². The van der Waals surface area contributed by atoms with Crippen LogP contribution in [-0.2, 0) is 22.6 Å². The minimum Gasteiger partial charge on any atom is -0.385 e. The summed E-state index contributed by atoms with van der Waals surface area (Å²) in [6.45, 7) is 2.53. The van der Waals surface area contributed by atoms with Crippen LogP contribution in [0.5, 0.6) is 0 Å². The average Bonchev–Trinajstić information content (AvgIpc) is 2.73. The van der Waals surface area contributed by atoms with Gasteiger partial charge < -0.3 is 19.9 Å². The van der Waals surface area contributed by atoms with E-state index in [0.29, 0.717) is 19.7 Å². The largest absolute Gasteiger partial charge is 0.385 e. The predicted octanol–water partition coefficient (Wildman–Crippen LogP) is 0.360. The summed E-state index contributed by atoms with van der Waals surface area (Å²) in [5.41, 5.74) is 1.18. The van der Waals surface area contributed by atoms with Crippen LogP contribution in [0.1, 0.15) is 12.0 Å². The molecule has 0 aliphatic heterocycles. The second kappa shape index (κ2) is 7.86. The predicted molar refractivity (Wildman–Crippen MR) is 66.7 cm³/mol. The van der Waals surface area contributed by atoms with E-state index in [0.717, 1.165) is 13.0 Å². The number of amides is 1. The van der Waals surface area contributed by atoms with Gasteiger partial charge in [-0.05, 0) is 25.1 Å². The quantitative estimate of drug-likeness (QED) is 0.644. The Labute approximate surface area is 102 Å². The van der Waals surface area contributed by atoms with Crippen molar-refractivity contribution in [2.75, 3.05) is 27.3 Å². The van der Waals surface area contributed by atoms with E-state index in [-0.39, 0.29) is 5.91 Å². The smallest absolute Gasteiger partial charge is 0.239 e. The van der Waals surface area contributed by atoms with Gasteiger partial charge in [0.1, 0.15) is 6.54 Å². The molecule has 0 radical (unpaired) electrons. The van der Waals surface area contributed by atoms with Crippen molar-refractivity contribution in [3.05, 3.63) is 24.0 Å². The van der Waals surface area contributed by atoms with Crippen molar-refractivity contribution in [3.63, 3.8) is 0 Å². The van der Waals surface area contributed by atoms with Gasteiger partial charge in [-0.3, -0.25) is 4.79 Å². The van der Waals surface area contributed by atoms with E-state index in [1.807, 2.05) is 30.1 Å². The number of ether oxygens (including phenoxy) is 1. The Kier molecular flexibility index (Phi) is 6.35. The van der Waals surface area contributed by atoms with Crippen molar-refractivity contribution in [2.45, 2.75) is 19.5 Å². The molecular formula is C12H21N3O2.